The third kappa shape index (κ3) is 3.31. The standard InChI is InChI=1S/C23H24N4O2/c1-4-16-10-12-17(13-11-16)24-23(29)19(5-2)27-20-9-7-6-8-18(20)22-25-21(28)14-15(3)26(22)27/h6-14,19H,4-5H2,1-3H3,(H,24,29)/t19-/m1/s1. The predicted octanol–water partition coefficient (Wildman–Crippen LogP) is 4.11. The van der Waals surface area contributed by atoms with Gasteiger partial charge in [0.1, 0.15) is 6.04 Å². The van der Waals surface area contributed by atoms with E-state index >= 15 is 0 Å². The number of amides is 1. The third-order valence-electron chi connectivity index (χ3n) is 5.30. The van der Waals surface area contributed by atoms with Crippen LogP contribution in [0.25, 0.3) is 16.6 Å². The van der Waals surface area contributed by atoms with Gasteiger partial charge in [0.15, 0.2) is 5.65 Å². The molecule has 4 aromatic rings. The number of rotatable bonds is 5. The minimum atomic E-state index is -0.453. The van der Waals surface area contributed by atoms with Crippen molar-refractivity contribution in [2.45, 2.75) is 39.7 Å². The number of anilines is 1. The monoisotopic (exact) mass is 388 g/mol. The summed E-state index contributed by atoms with van der Waals surface area (Å²) >= 11 is 0. The molecular formula is C23H24N4O2. The second kappa shape index (κ2) is 7.54. The molecule has 2 aromatic heterocycles. The van der Waals surface area contributed by atoms with E-state index in [1.54, 1.807) is 0 Å². The molecule has 1 atom stereocenters. The van der Waals surface area contributed by atoms with E-state index in [9.17, 15) is 9.59 Å². The molecule has 0 radical (unpaired) electrons. The number of aromatic nitrogens is 3. The Bertz CT molecular complexity index is 1250. The van der Waals surface area contributed by atoms with E-state index < -0.39 is 6.04 Å². The number of nitrogens with one attached hydrogen (secondary N) is 1. The van der Waals surface area contributed by atoms with Gasteiger partial charge in [0, 0.05) is 22.8 Å². The first-order valence-corrected chi connectivity index (χ1v) is 9.93. The molecule has 0 saturated carbocycles. The second-order valence-corrected chi connectivity index (χ2v) is 7.20. The highest BCUT2D eigenvalue weighted by Crippen LogP contribution is 2.27. The van der Waals surface area contributed by atoms with Crippen LogP contribution in [0.15, 0.2) is 59.4 Å². The average molecular weight is 388 g/mol. The van der Waals surface area contributed by atoms with E-state index in [1.807, 2.05) is 71.6 Å². The van der Waals surface area contributed by atoms with Gasteiger partial charge < -0.3 is 5.32 Å². The van der Waals surface area contributed by atoms with Gasteiger partial charge in [-0.15, -0.1) is 0 Å². The second-order valence-electron chi connectivity index (χ2n) is 7.20. The Morgan fingerprint density at radius 2 is 1.83 bits per heavy atom. The number of benzene rings is 2. The molecule has 4 rings (SSSR count). The Morgan fingerprint density at radius 1 is 1.10 bits per heavy atom. The van der Waals surface area contributed by atoms with Crippen LogP contribution in [0.4, 0.5) is 5.69 Å². The van der Waals surface area contributed by atoms with E-state index in [-0.39, 0.29) is 11.5 Å². The van der Waals surface area contributed by atoms with Crippen LogP contribution < -0.4 is 10.9 Å². The Labute approximate surface area is 168 Å². The first-order valence-electron chi connectivity index (χ1n) is 9.93. The highest BCUT2D eigenvalue weighted by atomic mass is 16.2. The van der Waals surface area contributed by atoms with Crippen molar-refractivity contribution in [2.24, 2.45) is 0 Å². The lowest BCUT2D eigenvalue weighted by Gasteiger charge is -2.20. The SMILES string of the molecule is CCc1ccc(NC(=O)[C@@H](CC)n2c3ccccc3c3nc(=O)cc(C)n32)cc1. The number of nitrogens with zero attached hydrogens (tertiary/aromatic N) is 3. The van der Waals surface area contributed by atoms with Crippen LogP contribution in [-0.2, 0) is 11.2 Å². The number of para-hydroxylation sites is 1. The van der Waals surface area contributed by atoms with Crippen LogP contribution >= 0.6 is 0 Å². The van der Waals surface area contributed by atoms with Crippen molar-refractivity contribution in [3.8, 4) is 0 Å². The molecule has 2 heterocycles. The molecule has 0 spiro atoms. The minimum Gasteiger partial charge on any atom is -0.324 e. The fourth-order valence-corrected chi connectivity index (χ4v) is 3.83. The lowest BCUT2D eigenvalue weighted by molar-refractivity contribution is -0.119. The normalized spacial score (nSPS) is 12.4. The average Bonchev–Trinajstić information content (AvgIpc) is 3.04. The largest absolute Gasteiger partial charge is 0.324 e. The number of hydrogen-bond donors (Lipinski definition) is 1. The lowest BCUT2D eigenvalue weighted by Crippen LogP contribution is -2.29. The third-order valence-corrected chi connectivity index (χ3v) is 5.30. The summed E-state index contributed by atoms with van der Waals surface area (Å²) in [7, 11) is 0. The predicted molar refractivity (Wildman–Crippen MR) is 115 cm³/mol. The topological polar surface area (TPSA) is 68.4 Å². The van der Waals surface area contributed by atoms with E-state index in [0.29, 0.717) is 12.1 Å². The van der Waals surface area contributed by atoms with Gasteiger partial charge in [-0.2, -0.15) is 4.98 Å². The Hall–Kier alpha value is -3.41. The number of carbonyl (C=O) groups excluding carboxylic acids is 1. The first kappa shape index (κ1) is 18.9. The minimum absolute atomic E-state index is 0.0995. The lowest BCUT2D eigenvalue weighted by atomic mass is 10.1. The molecule has 1 amide bonds. The fraction of sp³-hybridized carbons (Fsp3) is 0.261. The van der Waals surface area contributed by atoms with Crippen molar-refractivity contribution in [3.63, 3.8) is 0 Å². The van der Waals surface area contributed by atoms with Crippen LogP contribution in [0.5, 0.6) is 0 Å². The smallest absolute Gasteiger partial charge is 0.273 e. The molecule has 29 heavy (non-hydrogen) atoms. The van der Waals surface area contributed by atoms with Gasteiger partial charge in [0.25, 0.3) is 5.56 Å². The van der Waals surface area contributed by atoms with Crippen molar-refractivity contribution in [2.75, 3.05) is 5.32 Å². The fourth-order valence-electron chi connectivity index (χ4n) is 3.83. The van der Waals surface area contributed by atoms with Gasteiger partial charge in [-0.05, 0) is 49.6 Å². The van der Waals surface area contributed by atoms with Gasteiger partial charge in [0.2, 0.25) is 5.91 Å². The zero-order valence-electron chi connectivity index (χ0n) is 16.8. The van der Waals surface area contributed by atoms with Gasteiger partial charge in [-0.25, -0.2) is 4.52 Å². The maximum Gasteiger partial charge on any atom is 0.273 e. The maximum absolute atomic E-state index is 13.2. The summed E-state index contributed by atoms with van der Waals surface area (Å²) in [6, 6.07) is 16.7. The molecule has 0 aliphatic rings. The number of aryl methyl sites for hydroxylation is 2. The van der Waals surface area contributed by atoms with Crippen LogP contribution in [-0.4, -0.2) is 20.1 Å². The molecule has 0 saturated heterocycles. The van der Waals surface area contributed by atoms with E-state index in [1.165, 1.54) is 11.6 Å². The highest BCUT2D eigenvalue weighted by Gasteiger charge is 2.24. The van der Waals surface area contributed by atoms with Crippen LogP contribution in [0.3, 0.4) is 0 Å². The van der Waals surface area contributed by atoms with Gasteiger partial charge in [0.05, 0.1) is 5.52 Å². The summed E-state index contributed by atoms with van der Waals surface area (Å²) in [4.78, 5) is 29.5. The summed E-state index contributed by atoms with van der Waals surface area (Å²) in [6.45, 7) is 5.94. The van der Waals surface area contributed by atoms with Crippen molar-refractivity contribution in [3.05, 3.63) is 76.2 Å². The quantitative estimate of drug-likeness (QED) is 0.559. The van der Waals surface area contributed by atoms with Crippen LogP contribution in [0.2, 0.25) is 0 Å². The summed E-state index contributed by atoms with van der Waals surface area (Å²) in [5.41, 5.74) is 3.91. The van der Waals surface area contributed by atoms with E-state index in [2.05, 4.69) is 17.2 Å². The van der Waals surface area contributed by atoms with Crippen LogP contribution in [0, 0.1) is 6.92 Å². The van der Waals surface area contributed by atoms with E-state index in [4.69, 9.17) is 0 Å². The molecule has 0 aliphatic carbocycles. The molecule has 6 heteroatoms. The maximum atomic E-state index is 13.2. The molecule has 1 N–H and O–H groups in total. The summed E-state index contributed by atoms with van der Waals surface area (Å²) in [5.74, 6) is -0.0995. The summed E-state index contributed by atoms with van der Waals surface area (Å²) in [5, 5.41) is 3.89. The molecule has 0 aliphatic heterocycles. The van der Waals surface area contributed by atoms with Crippen LogP contribution in [0.1, 0.15) is 37.6 Å². The highest BCUT2D eigenvalue weighted by molar-refractivity contribution is 5.97. The van der Waals surface area contributed by atoms with Crippen molar-refractivity contribution in [1.29, 1.82) is 0 Å². The zero-order chi connectivity index (χ0) is 20.5. The molecule has 2 aromatic carbocycles. The molecule has 0 fully saturated rings. The van der Waals surface area contributed by atoms with Gasteiger partial charge >= 0.3 is 0 Å². The van der Waals surface area contributed by atoms with Gasteiger partial charge in [-0.3, -0.25) is 14.3 Å². The zero-order valence-corrected chi connectivity index (χ0v) is 16.8. The Balaban J connectivity index is 1.84. The van der Waals surface area contributed by atoms with Crippen molar-refractivity contribution < 1.29 is 4.79 Å². The molecular weight excluding hydrogens is 364 g/mol. The number of hydrogen-bond acceptors (Lipinski definition) is 3. The first-order chi connectivity index (χ1) is 14.0. The van der Waals surface area contributed by atoms with Crippen molar-refractivity contribution in [1.82, 2.24) is 14.2 Å². The number of fused-ring (bicyclic) bond motifs is 3. The van der Waals surface area contributed by atoms with Gasteiger partial charge in [-0.1, -0.05) is 38.1 Å². The van der Waals surface area contributed by atoms with E-state index in [0.717, 1.165) is 28.7 Å². The molecule has 0 unspecified atom stereocenters. The number of carbonyl (C=O) groups is 1. The van der Waals surface area contributed by atoms with Crippen molar-refractivity contribution >= 4 is 28.1 Å². The molecule has 0 bridgehead atoms. The summed E-state index contributed by atoms with van der Waals surface area (Å²) < 4.78 is 3.82. The molecule has 148 valence electrons. The molecule has 6 nitrogen and oxygen atoms in total. The Kier molecular flexibility index (Phi) is 4.92. The Morgan fingerprint density at radius 3 is 2.52 bits per heavy atom. The summed E-state index contributed by atoms with van der Waals surface area (Å²) in [6.07, 6.45) is 1.55.